The van der Waals surface area contributed by atoms with E-state index in [-0.39, 0.29) is 11.8 Å². The van der Waals surface area contributed by atoms with Crippen LogP contribution in [-0.4, -0.2) is 35.1 Å². The summed E-state index contributed by atoms with van der Waals surface area (Å²) in [6.45, 7) is 1.25. The third kappa shape index (κ3) is 7.81. The fraction of sp³-hybridized carbons (Fsp3) is 0.200. The molecule has 0 aliphatic carbocycles. The number of unbranched alkanes of at least 4 members (excludes halogenated alkanes) is 1. The second-order valence-corrected chi connectivity index (χ2v) is 6.68. The molecule has 146 valence electrons. The zero-order chi connectivity index (χ0) is 20.2. The van der Waals surface area contributed by atoms with Gasteiger partial charge in [0.1, 0.15) is 0 Å². The summed E-state index contributed by atoms with van der Waals surface area (Å²) < 4.78 is 0. The number of carbonyl (C=O) groups excluding carboxylic acids is 2. The van der Waals surface area contributed by atoms with Gasteiger partial charge < -0.3 is 10.6 Å². The Balaban J connectivity index is 1.54. The molecule has 8 heteroatoms. The fourth-order valence-electron chi connectivity index (χ4n) is 2.27. The lowest BCUT2D eigenvalue weighted by molar-refractivity contribution is 0.0968. The Hall–Kier alpha value is -2.84. The predicted octanol–water partition coefficient (Wildman–Crippen LogP) is 2.38. The van der Waals surface area contributed by atoms with Crippen molar-refractivity contribution in [2.24, 2.45) is 0 Å². The molecule has 0 heterocycles. The van der Waals surface area contributed by atoms with Crippen LogP contribution in [0, 0.1) is 0 Å². The van der Waals surface area contributed by atoms with Crippen molar-refractivity contribution in [3.05, 3.63) is 71.8 Å². The first-order valence-electron chi connectivity index (χ1n) is 8.84. The van der Waals surface area contributed by atoms with Crippen molar-refractivity contribution in [3.63, 3.8) is 0 Å². The average molecular weight is 415 g/mol. The maximum Gasteiger partial charge on any atom is 0.257 e. The summed E-state index contributed by atoms with van der Waals surface area (Å²) in [5.41, 5.74) is 1.11. The van der Waals surface area contributed by atoms with Crippen molar-refractivity contribution in [3.8, 4) is 0 Å². The van der Waals surface area contributed by atoms with Gasteiger partial charge in [-0.3, -0.25) is 20.2 Å². The molecule has 0 radical (unpaired) electrons. The Kier molecular flexibility index (Phi) is 9.03. The molecule has 2 aromatic carbocycles. The minimum Gasteiger partial charge on any atom is -0.362 e. The summed E-state index contributed by atoms with van der Waals surface area (Å²) in [5, 5.41) is 11.9. The molecule has 28 heavy (non-hydrogen) atoms. The van der Waals surface area contributed by atoms with Crippen molar-refractivity contribution in [2.75, 3.05) is 13.1 Å². The third-order valence-electron chi connectivity index (χ3n) is 3.70. The average Bonchev–Trinajstić information content (AvgIpc) is 2.71. The van der Waals surface area contributed by atoms with Gasteiger partial charge in [0.15, 0.2) is 10.2 Å². The molecule has 0 aliphatic heterocycles. The zero-order valence-electron chi connectivity index (χ0n) is 15.2. The molecule has 2 rings (SSSR count). The van der Waals surface area contributed by atoms with Gasteiger partial charge in [-0.15, -0.1) is 0 Å². The number of carbonyl (C=O) groups is 2. The van der Waals surface area contributed by atoms with Crippen LogP contribution in [0.1, 0.15) is 33.6 Å². The van der Waals surface area contributed by atoms with Gasteiger partial charge in [0.05, 0.1) is 0 Å². The van der Waals surface area contributed by atoms with Crippen LogP contribution in [-0.2, 0) is 0 Å². The van der Waals surface area contributed by atoms with Crippen LogP contribution in [0.2, 0.25) is 0 Å². The molecular weight excluding hydrogens is 392 g/mol. The Bertz CT molecular complexity index is 744. The van der Waals surface area contributed by atoms with Crippen LogP contribution in [0.15, 0.2) is 60.7 Å². The quantitative estimate of drug-likeness (QED) is 0.411. The van der Waals surface area contributed by atoms with E-state index in [0.717, 1.165) is 12.8 Å². The molecule has 0 saturated carbocycles. The van der Waals surface area contributed by atoms with E-state index in [1.807, 2.05) is 12.1 Å². The smallest absolute Gasteiger partial charge is 0.257 e. The summed E-state index contributed by atoms with van der Waals surface area (Å²) in [6.07, 6.45) is 1.65. The molecule has 2 amide bonds. The number of hydrogen-bond donors (Lipinski definition) is 4. The molecule has 0 bridgehead atoms. The van der Waals surface area contributed by atoms with E-state index in [1.54, 1.807) is 48.5 Å². The first-order valence-corrected chi connectivity index (χ1v) is 9.66. The minimum atomic E-state index is -0.237. The van der Waals surface area contributed by atoms with Crippen molar-refractivity contribution >= 4 is 46.5 Å². The van der Waals surface area contributed by atoms with Gasteiger partial charge in [-0.05, 0) is 61.5 Å². The van der Waals surface area contributed by atoms with E-state index in [4.69, 9.17) is 24.4 Å². The second-order valence-electron chi connectivity index (χ2n) is 5.86. The van der Waals surface area contributed by atoms with Gasteiger partial charge in [-0.1, -0.05) is 36.4 Å². The van der Waals surface area contributed by atoms with Gasteiger partial charge in [-0.2, -0.15) is 0 Å². The Morgan fingerprint density at radius 1 is 0.643 bits per heavy atom. The lowest BCUT2D eigenvalue weighted by Gasteiger charge is -2.11. The number of rotatable bonds is 7. The summed E-state index contributed by atoms with van der Waals surface area (Å²) >= 11 is 10.2. The number of amides is 2. The summed E-state index contributed by atoms with van der Waals surface area (Å²) in [7, 11) is 0. The van der Waals surface area contributed by atoms with Gasteiger partial charge in [-0.25, -0.2) is 0 Å². The van der Waals surface area contributed by atoms with E-state index in [2.05, 4.69) is 21.3 Å². The highest BCUT2D eigenvalue weighted by Crippen LogP contribution is 1.98. The highest BCUT2D eigenvalue weighted by Gasteiger charge is 2.07. The van der Waals surface area contributed by atoms with Gasteiger partial charge >= 0.3 is 0 Å². The lowest BCUT2D eigenvalue weighted by Crippen LogP contribution is -2.40. The van der Waals surface area contributed by atoms with Crippen LogP contribution in [0.4, 0.5) is 0 Å². The van der Waals surface area contributed by atoms with Gasteiger partial charge in [0.2, 0.25) is 0 Å². The normalized spacial score (nSPS) is 9.86. The van der Waals surface area contributed by atoms with Crippen LogP contribution in [0.5, 0.6) is 0 Å². The zero-order valence-corrected chi connectivity index (χ0v) is 16.9. The predicted molar refractivity (Wildman–Crippen MR) is 118 cm³/mol. The standard InChI is InChI=1S/C20H22N4O2S2/c25-17(15-9-3-1-4-10-15)23-19(27)21-13-7-8-14-22-20(28)24-18(26)16-11-5-2-6-12-16/h1-6,9-12H,7-8,13-14H2,(H2,21,23,25,27)(H2,22,24,26,28). The number of hydrogen-bond acceptors (Lipinski definition) is 4. The molecule has 2 aromatic rings. The monoisotopic (exact) mass is 414 g/mol. The fourth-order valence-corrected chi connectivity index (χ4v) is 2.66. The molecule has 0 unspecified atom stereocenters. The Morgan fingerprint density at radius 3 is 1.36 bits per heavy atom. The molecule has 0 atom stereocenters. The van der Waals surface area contributed by atoms with E-state index < -0.39 is 0 Å². The maximum absolute atomic E-state index is 12.0. The summed E-state index contributed by atoms with van der Waals surface area (Å²) in [4.78, 5) is 23.9. The number of thiocarbonyl (C=S) groups is 2. The first-order chi connectivity index (χ1) is 13.6. The maximum atomic E-state index is 12.0. The lowest BCUT2D eigenvalue weighted by atomic mass is 10.2. The van der Waals surface area contributed by atoms with Crippen LogP contribution < -0.4 is 21.3 Å². The second kappa shape index (κ2) is 11.8. The molecule has 4 N–H and O–H groups in total. The van der Waals surface area contributed by atoms with E-state index in [0.29, 0.717) is 34.4 Å². The van der Waals surface area contributed by atoms with Crippen LogP contribution >= 0.6 is 24.4 Å². The molecular formula is C20H22N4O2S2. The molecule has 0 aliphatic rings. The molecule has 0 saturated heterocycles. The van der Waals surface area contributed by atoms with Crippen molar-refractivity contribution in [1.82, 2.24) is 21.3 Å². The molecule has 0 aromatic heterocycles. The third-order valence-corrected chi connectivity index (χ3v) is 4.19. The summed E-state index contributed by atoms with van der Waals surface area (Å²) in [5.74, 6) is -0.474. The highest BCUT2D eigenvalue weighted by molar-refractivity contribution is 7.80. The van der Waals surface area contributed by atoms with E-state index in [1.165, 1.54) is 0 Å². The van der Waals surface area contributed by atoms with Crippen molar-refractivity contribution in [2.45, 2.75) is 12.8 Å². The van der Waals surface area contributed by atoms with Gasteiger partial charge in [0, 0.05) is 24.2 Å². The minimum absolute atomic E-state index is 0.237. The Morgan fingerprint density at radius 2 is 1.00 bits per heavy atom. The van der Waals surface area contributed by atoms with E-state index >= 15 is 0 Å². The summed E-state index contributed by atoms with van der Waals surface area (Å²) in [6, 6.07) is 17.8. The Labute approximate surface area is 175 Å². The van der Waals surface area contributed by atoms with Gasteiger partial charge in [0.25, 0.3) is 11.8 Å². The molecule has 6 nitrogen and oxygen atoms in total. The first kappa shape index (κ1) is 21.5. The SMILES string of the molecule is O=C(NC(=S)NCCCCNC(=S)NC(=O)c1ccccc1)c1ccccc1. The molecule has 0 fully saturated rings. The number of benzene rings is 2. The largest absolute Gasteiger partial charge is 0.362 e. The van der Waals surface area contributed by atoms with Crippen LogP contribution in [0.25, 0.3) is 0 Å². The number of nitrogens with one attached hydrogen (secondary N) is 4. The van der Waals surface area contributed by atoms with Crippen LogP contribution in [0.3, 0.4) is 0 Å². The van der Waals surface area contributed by atoms with Crippen molar-refractivity contribution < 1.29 is 9.59 Å². The highest BCUT2D eigenvalue weighted by atomic mass is 32.1. The van der Waals surface area contributed by atoms with E-state index in [9.17, 15) is 9.59 Å². The molecule has 0 spiro atoms. The topological polar surface area (TPSA) is 82.3 Å². The van der Waals surface area contributed by atoms with Crippen molar-refractivity contribution in [1.29, 1.82) is 0 Å².